The first-order valence-electron chi connectivity index (χ1n) is 8.98. The third-order valence-electron chi connectivity index (χ3n) is 4.59. The van der Waals surface area contributed by atoms with Gasteiger partial charge in [-0.05, 0) is 24.3 Å². The highest BCUT2D eigenvalue weighted by Crippen LogP contribution is 2.29. The van der Waals surface area contributed by atoms with Gasteiger partial charge in [-0.15, -0.1) is 0 Å². The third-order valence-corrected chi connectivity index (χ3v) is 5.52. The van der Waals surface area contributed by atoms with Crippen LogP contribution >= 0.6 is 11.3 Å². The Morgan fingerprint density at radius 2 is 1.97 bits per heavy atom. The molecule has 1 amide bonds. The minimum absolute atomic E-state index is 0.152. The average molecular weight is 409 g/mol. The zero-order valence-electron chi connectivity index (χ0n) is 16.0. The summed E-state index contributed by atoms with van der Waals surface area (Å²) in [4.78, 5) is 30.2. The van der Waals surface area contributed by atoms with E-state index in [2.05, 4.69) is 10.3 Å². The molecule has 0 bridgehead atoms. The minimum Gasteiger partial charge on any atom is -0.497 e. The van der Waals surface area contributed by atoms with Gasteiger partial charge in [-0.1, -0.05) is 29.5 Å². The summed E-state index contributed by atoms with van der Waals surface area (Å²) in [7, 11) is 3.18. The van der Waals surface area contributed by atoms with Gasteiger partial charge in [0.25, 0.3) is 11.5 Å². The number of hydrogen-bond acceptors (Lipinski definition) is 6. The second kappa shape index (κ2) is 8.02. The van der Waals surface area contributed by atoms with Crippen molar-refractivity contribution in [1.29, 1.82) is 0 Å². The van der Waals surface area contributed by atoms with Gasteiger partial charge in [0.05, 0.1) is 29.5 Å². The highest BCUT2D eigenvalue weighted by Gasteiger charge is 2.16. The van der Waals surface area contributed by atoms with Gasteiger partial charge >= 0.3 is 0 Å². The van der Waals surface area contributed by atoms with Gasteiger partial charge < -0.3 is 14.0 Å². The Bertz CT molecular complexity index is 1260. The van der Waals surface area contributed by atoms with Crippen molar-refractivity contribution in [2.45, 2.75) is 6.54 Å². The van der Waals surface area contributed by atoms with Crippen LogP contribution in [0.5, 0.6) is 5.75 Å². The van der Waals surface area contributed by atoms with E-state index in [9.17, 15) is 9.59 Å². The fourth-order valence-corrected chi connectivity index (χ4v) is 4.02. The molecule has 4 aromatic rings. The van der Waals surface area contributed by atoms with Gasteiger partial charge in [0.2, 0.25) is 0 Å². The van der Waals surface area contributed by atoms with Crippen molar-refractivity contribution in [1.82, 2.24) is 9.55 Å². The van der Waals surface area contributed by atoms with E-state index >= 15 is 0 Å². The van der Waals surface area contributed by atoms with E-state index in [4.69, 9.17) is 9.47 Å². The number of thiazole rings is 1. The maximum absolute atomic E-state index is 13.0. The standard InChI is InChI=1S/C21H19N3O4S/c1-27-10-9-24-12-16(14-5-3-4-6-15(14)20(24)26)19(25)23-21-22-17-8-7-13(28-2)11-18(17)29-21/h3-8,11-12H,9-10H2,1-2H3,(H,22,23,25). The molecule has 0 aliphatic rings. The molecule has 0 aliphatic heterocycles. The van der Waals surface area contributed by atoms with E-state index in [1.807, 2.05) is 24.3 Å². The van der Waals surface area contributed by atoms with Crippen LogP contribution in [0.3, 0.4) is 0 Å². The lowest BCUT2D eigenvalue weighted by atomic mass is 10.1. The van der Waals surface area contributed by atoms with Gasteiger partial charge in [0.1, 0.15) is 5.75 Å². The smallest absolute Gasteiger partial charge is 0.259 e. The Labute approximate surface area is 170 Å². The van der Waals surface area contributed by atoms with Crippen LogP contribution in [0.4, 0.5) is 5.13 Å². The first-order chi connectivity index (χ1) is 14.1. The normalized spacial score (nSPS) is 11.1. The Hall–Kier alpha value is -3.23. The number of amides is 1. The van der Waals surface area contributed by atoms with Crippen LogP contribution in [-0.2, 0) is 11.3 Å². The molecule has 29 heavy (non-hydrogen) atoms. The molecule has 0 radical (unpaired) electrons. The van der Waals surface area contributed by atoms with E-state index < -0.39 is 0 Å². The van der Waals surface area contributed by atoms with Crippen molar-refractivity contribution in [3.63, 3.8) is 0 Å². The molecule has 0 unspecified atom stereocenters. The van der Waals surface area contributed by atoms with Crippen molar-refractivity contribution in [3.8, 4) is 5.75 Å². The molecule has 0 aliphatic carbocycles. The summed E-state index contributed by atoms with van der Waals surface area (Å²) < 4.78 is 12.7. The number of nitrogens with one attached hydrogen (secondary N) is 1. The van der Waals surface area contributed by atoms with E-state index in [1.165, 1.54) is 15.9 Å². The average Bonchev–Trinajstić information content (AvgIpc) is 3.14. The van der Waals surface area contributed by atoms with Crippen molar-refractivity contribution in [3.05, 3.63) is 64.6 Å². The topological polar surface area (TPSA) is 82.4 Å². The molecule has 2 aromatic heterocycles. The molecule has 148 valence electrons. The van der Waals surface area contributed by atoms with Crippen molar-refractivity contribution < 1.29 is 14.3 Å². The molecule has 7 nitrogen and oxygen atoms in total. The molecule has 0 fully saturated rings. The van der Waals surface area contributed by atoms with E-state index in [1.54, 1.807) is 38.6 Å². The Kier molecular flexibility index (Phi) is 5.28. The summed E-state index contributed by atoms with van der Waals surface area (Å²) in [5.74, 6) is 0.411. The highest BCUT2D eigenvalue weighted by molar-refractivity contribution is 7.22. The van der Waals surface area contributed by atoms with Crippen LogP contribution in [0.2, 0.25) is 0 Å². The summed E-state index contributed by atoms with van der Waals surface area (Å²) in [5.41, 5.74) is 1.04. The van der Waals surface area contributed by atoms with E-state index in [-0.39, 0.29) is 11.5 Å². The fourth-order valence-electron chi connectivity index (χ4n) is 3.13. The predicted octanol–water partition coefficient (Wildman–Crippen LogP) is 3.52. The summed E-state index contributed by atoms with van der Waals surface area (Å²) in [6.07, 6.45) is 1.58. The first-order valence-corrected chi connectivity index (χ1v) is 9.79. The number of carbonyl (C=O) groups is 1. The number of aromatic nitrogens is 2. The Balaban J connectivity index is 1.72. The lowest BCUT2D eigenvalue weighted by Gasteiger charge is -2.11. The number of hydrogen-bond donors (Lipinski definition) is 1. The molecule has 2 aromatic carbocycles. The number of methoxy groups -OCH3 is 2. The second-order valence-corrected chi connectivity index (χ2v) is 7.42. The predicted molar refractivity (Wildman–Crippen MR) is 114 cm³/mol. The van der Waals surface area contributed by atoms with E-state index in [0.717, 1.165) is 16.0 Å². The molecule has 8 heteroatoms. The molecule has 2 heterocycles. The van der Waals surface area contributed by atoms with Crippen LogP contribution in [0.1, 0.15) is 10.4 Å². The SMILES string of the molecule is COCCn1cc(C(=O)Nc2nc3ccc(OC)cc3s2)c2ccccc2c1=O. The van der Waals surface area contributed by atoms with Gasteiger partial charge in [-0.2, -0.15) is 0 Å². The summed E-state index contributed by atoms with van der Waals surface area (Å²) in [6.45, 7) is 0.736. The van der Waals surface area contributed by atoms with Crippen LogP contribution in [-0.4, -0.2) is 36.3 Å². The first kappa shape index (κ1) is 19.1. The zero-order chi connectivity index (χ0) is 20.4. The highest BCUT2D eigenvalue weighted by atomic mass is 32.1. The quantitative estimate of drug-likeness (QED) is 0.527. The Morgan fingerprint density at radius 1 is 1.17 bits per heavy atom. The van der Waals surface area contributed by atoms with Gasteiger partial charge in [0.15, 0.2) is 5.13 Å². The molecule has 4 rings (SSSR count). The number of carbonyl (C=O) groups excluding carboxylic acids is 1. The summed E-state index contributed by atoms with van der Waals surface area (Å²) >= 11 is 1.36. The van der Waals surface area contributed by atoms with Crippen molar-refractivity contribution >= 4 is 43.4 Å². The molecule has 0 saturated carbocycles. The maximum Gasteiger partial charge on any atom is 0.259 e. The summed E-state index contributed by atoms with van der Waals surface area (Å²) in [6, 6.07) is 12.6. The molecule has 0 atom stereocenters. The number of rotatable bonds is 6. The lowest BCUT2D eigenvalue weighted by molar-refractivity contribution is 0.102. The minimum atomic E-state index is -0.321. The largest absolute Gasteiger partial charge is 0.497 e. The third kappa shape index (κ3) is 3.72. The van der Waals surface area contributed by atoms with Crippen molar-refractivity contribution in [2.75, 3.05) is 26.1 Å². The summed E-state index contributed by atoms with van der Waals surface area (Å²) in [5, 5.41) is 4.44. The van der Waals surface area contributed by atoms with Crippen LogP contribution in [0.15, 0.2) is 53.5 Å². The number of benzene rings is 2. The van der Waals surface area contributed by atoms with Crippen LogP contribution in [0, 0.1) is 0 Å². The molecule has 1 N–H and O–H groups in total. The van der Waals surface area contributed by atoms with Crippen molar-refractivity contribution in [2.24, 2.45) is 0 Å². The fraction of sp³-hybridized carbons (Fsp3) is 0.190. The Morgan fingerprint density at radius 3 is 2.72 bits per heavy atom. The van der Waals surface area contributed by atoms with Gasteiger partial charge in [0, 0.05) is 30.6 Å². The van der Waals surface area contributed by atoms with Gasteiger partial charge in [-0.3, -0.25) is 14.9 Å². The second-order valence-electron chi connectivity index (χ2n) is 6.39. The number of pyridine rings is 1. The van der Waals surface area contributed by atoms with Crippen LogP contribution < -0.4 is 15.6 Å². The molecule has 0 spiro atoms. The number of anilines is 1. The zero-order valence-corrected chi connectivity index (χ0v) is 16.8. The lowest BCUT2D eigenvalue weighted by Crippen LogP contribution is -2.25. The molecular weight excluding hydrogens is 390 g/mol. The molecular formula is C21H19N3O4S. The maximum atomic E-state index is 13.0. The van der Waals surface area contributed by atoms with Gasteiger partial charge in [-0.25, -0.2) is 4.98 Å². The van der Waals surface area contributed by atoms with Crippen LogP contribution in [0.25, 0.3) is 21.0 Å². The monoisotopic (exact) mass is 409 g/mol. The van der Waals surface area contributed by atoms with E-state index in [0.29, 0.717) is 34.6 Å². The number of fused-ring (bicyclic) bond motifs is 2. The number of nitrogens with zero attached hydrogens (tertiary/aromatic N) is 2. The number of ether oxygens (including phenoxy) is 2. The molecule has 0 saturated heterocycles.